The van der Waals surface area contributed by atoms with Gasteiger partial charge in [0.2, 0.25) is 0 Å². The van der Waals surface area contributed by atoms with Gasteiger partial charge in [-0.15, -0.1) is 0 Å². The van der Waals surface area contributed by atoms with Gasteiger partial charge < -0.3 is 4.90 Å². The fraction of sp³-hybridized carbons (Fsp3) is 1.00. The monoisotopic (exact) mass is 693 g/mol. The molecule has 5 fully saturated rings. The molecule has 0 atom stereocenters. The Bertz CT molecular complexity index is 788. The average Bonchev–Trinajstić information content (AvgIpc) is 3.49. The second-order valence-electron chi connectivity index (χ2n) is 20.9. The van der Waals surface area contributed by atoms with E-state index in [-0.39, 0.29) is 0 Å². The molecular weight excluding hydrogens is 601 g/mol. The second-order valence-corrected chi connectivity index (χ2v) is 20.9. The first-order valence-corrected chi connectivity index (χ1v) is 20.8. The zero-order valence-corrected chi connectivity index (χ0v) is 36.9. The summed E-state index contributed by atoms with van der Waals surface area (Å²) in [6.07, 6.45) is 11.2. The van der Waals surface area contributed by atoms with Crippen LogP contribution in [0.15, 0.2) is 0 Å². The standard InChI is InChI=1S/C10H21N.C9H20N2.C9H19N.C8H17N.C7H15N/c1-9-5-7-11(8-6-9)10(2,3)4;1-9(2,3)11-7-5-10(4)6-8-11;1-9(2,3)10-7-5-4-6-8-10;1-8(2,3)9-6-4-5-7-9;1-7(2,3)8-5-4-6-8/h9H,5-8H2,1-4H3;5-8H2,1-4H3;4-8H2,1-3H3;4-7H2,1-3H3;4-6H2,1-3H3. The summed E-state index contributed by atoms with van der Waals surface area (Å²) >= 11 is 0. The van der Waals surface area contributed by atoms with Gasteiger partial charge in [-0.1, -0.05) is 13.3 Å². The first-order chi connectivity index (χ1) is 22.3. The van der Waals surface area contributed by atoms with E-state index in [1.807, 2.05) is 0 Å². The Morgan fingerprint density at radius 3 is 0.796 bits per heavy atom. The molecule has 0 amide bonds. The van der Waals surface area contributed by atoms with E-state index < -0.39 is 0 Å². The minimum Gasteiger partial charge on any atom is -0.304 e. The van der Waals surface area contributed by atoms with Crippen molar-refractivity contribution in [3.8, 4) is 0 Å². The van der Waals surface area contributed by atoms with Gasteiger partial charge in [0, 0.05) is 53.9 Å². The summed E-state index contributed by atoms with van der Waals surface area (Å²) in [7, 11) is 2.19. The number of likely N-dealkylation sites (tertiary alicyclic amines) is 4. The molecule has 0 aliphatic carbocycles. The van der Waals surface area contributed by atoms with Gasteiger partial charge in [0.1, 0.15) is 0 Å². The van der Waals surface area contributed by atoms with Gasteiger partial charge in [-0.3, -0.25) is 24.5 Å². The highest BCUT2D eigenvalue weighted by molar-refractivity contribution is 4.83. The molecule has 49 heavy (non-hydrogen) atoms. The highest BCUT2D eigenvalue weighted by atomic mass is 15.3. The second kappa shape index (κ2) is 20.9. The van der Waals surface area contributed by atoms with Crippen molar-refractivity contribution in [1.82, 2.24) is 29.4 Å². The van der Waals surface area contributed by atoms with E-state index in [1.54, 1.807) is 0 Å². The molecule has 0 radical (unpaired) electrons. The SMILES string of the molecule is CC(C)(C)N1CCC1.CC(C)(C)N1CCCC1.CC(C)(C)N1CCCCC1.CC1CCN(C(C)(C)C)CC1.CN1CCN(C(C)(C)C)CC1. The third-order valence-corrected chi connectivity index (χ3v) is 11.3. The summed E-state index contributed by atoms with van der Waals surface area (Å²) in [5.74, 6) is 0.952. The Hall–Kier alpha value is -0.240. The predicted molar refractivity (Wildman–Crippen MR) is 220 cm³/mol. The lowest BCUT2D eigenvalue weighted by Gasteiger charge is -2.42. The number of hydrogen-bond acceptors (Lipinski definition) is 6. The van der Waals surface area contributed by atoms with E-state index in [1.165, 1.54) is 130 Å². The van der Waals surface area contributed by atoms with Crippen LogP contribution in [-0.4, -0.2) is 143 Å². The normalized spacial score (nSPS) is 23.4. The lowest BCUT2D eigenvalue weighted by Crippen LogP contribution is -2.52. The van der Waals surface area contributed by atoms with Crippen molar-refractivity contribution in [2.75, 3.05) is 85.6 Å². The largest absolute Gasteiger partial charge is 0.304 e. The maximum atomic E-state index is 2.59. The van der Waals surface area contributed by atoms with Gasteiger partial charge in [0.15, 0.2) is 0 Å². The summed E-state index contributed by atoms with van der Waals surface area (Å²) in [6, 6.07) is 0. The van der Waals surface area contributed by atoms with E-state index in [0.29, 0.717) is 27.7 Å². The minimum atomic E-state index is 0.362. The van der Waals surface area contributed by atoms with Crippen LogP contribution in [0.3, 0.4) is 0 Å². The van der Waals surface area contributed by atoms with Gasteiger partial charge in [-0.25, -0.2) is 0 Å². The summed E-state index contributed by atoms with van der Waals surface area (Å²) in [5.41, 5.74) is 2.00. The van der Waals surface area contributed by atoms with Gasteiger partial charge in [-0.05, 0) is 214 Å². The summed E-state index contributed by atoms with van der Waals surface area (Å²) in [4.78, 5) is 15.2. The van der Waals surface area contributed by atoms with Crippen LogP contribution in [0.1, 0.15) is 162 Å². The smallest absolute Gasteiger partial charge is 0.0126 e. The van der Waals surface area contributed by atoms with E-state index in [2.05, 4.69) is 147 Å². The molecule has 5 aliphatic heterocycles. The molecule has 5 rings (SSSR count). The molecule has 0 N–H and O–H groups in total. The Morgan fingerprint density at radius 1 is 0.306 bits per heavy atom. The molecule has 0 unspecified atom stereocenters. The summed E-state index contributed by atoms with van der Waals surface area (Å²) < 4.78 is 0. The minimum absolute atomic E-state index is 0.362. The zero-order valence-electron chi connectivity index (χ0n) is 36.9. The number of piperazine rings is 1. The number of likely N-dealkylation sites (N-methyl/N-ethyl adjacent to an activating group) is 1. The zero-order chi connectivity index (χ0) is 37.7. The summed E-state index contributed by atoms with van der Waals surface area (Å²) in [5, 5.41) is 0. The van der Waals surface area contributed by atoms with Crippen LogP contribution in [-0.2, 0) is 0 Å². The Balaban J connectivity index is 0.000000308. The van der Waals surface area contributed by atoms with Crippen molar-refractivity contribution in [3.05, 3.63) is 0 Å². The first-order valence-electron chi connectivity index (χ1n) is 20.8. The maximum Gasteiger partial charge on any atom is 0.0126 e. The van der Waals surface area contributed by atoms with E-state index >= 15 is 0 Å². The molecule has 0 bridgehead atoms. The molecule has 294 valence electrons. The molecule has 0 saturated carbocycles. The highest BCUT2D eigenvalue weighted by Gasteiger charge is 2.27. The van der Waals surface area contributed by atoms with Crippen LogP contribution in [0.5, 0.6) is 0 Å². The van der Waals surface area contributed by atoms with Crippen molar-refractivity contribution in [3.63, 3.8) is 0 Å². The molecule has 5 heterocycles. The van der Waals surface area contributed by atoms with Crippen LogP contribution in [0.25, 0.3) is 0 Å². The molecule has 6 nitrogen and oxygen atoms in total. The lowest BCUT2D eigenvalue weighted by atomic mass is 9.95. The molecule has 0 spiro atoms. The van der Waals surface area contributed by atoms with Gasteiger partial charge >= 0.3 is 0 Å². The molecule has 0 aromatic carbocycles. The topological polar surface area (TPSA) is 19.4 Å². The van der Waals surface area contributed by atoms with Crippen LogP contribution in [0, 0.1) is 5.92 Å². The van der Waals surface area contributed by atoms with Crippen molar-refractivity contribution in [2.45, 2.75) is 190 Å². The fourth-order valence-electron chi connectivity index (χ4n) is 7.10. The fourth-order valence-corrected chi connectivity index (χ4v) is 7.10. The Labute approximate surface area is 310 Å². The quantitative estimate of drug-likeness (QED) is 0.250. The van der Waals surface area contributed by atoms with Crippen molar-refractivity contribution in [1.29, 1.82) is 0 Å². The third-order valence-electron chi connectivity index (χ3n) is 11.3. The van der Waals surface area contributed by atoms with E-state index in [4.69, 9.17) is 0 Å². The van der Waals surface area contributed by atoms with E-state index in [9.17, 15) is 0 Å². The molecular formula is C43H92N6. The lowest BCUT2D eigenvalue weighted by molar-refractivity contribution is 0.0690. The third kappa shape index (κ3) is 20.0. The van der Waals surface area contributed by atoms with Crippen molar-refractivity contribution in [2.24, 2.45) is 5.92 Å². The molecule has 0 aromatic rings. The molecule has 5 aliphatic rings. The van der Waals surface area contributed by atoms with E-state index in [0.717, 1.165) is 5.92 Å². The Morgan fingerprint density at radius 2 is 0.551 bits per heavy atom. The number of rotatable bonds is 0. The predicted octanol–water partition coefficient (Wildman–Crippen LogP) is 9.19. The van der Waals surface area contributed by atoms with Crippen LogP contribution in [0.2, 0.25) is 0 Å². The van der Waals surface area contributed by atoms with Crippen LogP contribution < -0.4 is 0 Å². The highest BCUT2D eigenvalue weighted by Crippen LogP contribution is 2.23. The molecule has 0 aromatic heterocycles. The van der Waals surface area contributed by atoms with Gasteiger partial charge in [-0.2, -0.15) is 0 Å². The number of piperidine rings is 2. The van der Waals surface area contributed by atoms with Crippen molar-refractivity contribution >= 4 is 0 Å². The molecule has 6 heteroatoms. The molecule has 5 saturated heterocycles. The number of nitrogens with zero attached hydrogens (tertiary/aromatic N) is 6. The van der Waals surface area contributed by atoms with Gasteiger partial charge in [0.05, 0.1) is 0 Å². The van der Waals surface area contributed by atoms with Gasteiger partial charge in [0.25, 0.3) is 0 Å². The number of hydrogen-bond donors (Lipinski definition) is 0. The summed E-state index contributed by atoms with van der Waals surface area (Å²) in [6.45, 7) is 52.1. The Kier molecular flexibility index (Phi) is 19.9. The maximum absolute atomic E-state index is 2.59. The van der Waals surface area contributed by atoms with Crippen LogP contribution in [0.4, 0.5) is 0 Å². The first kappa shape index (κ1) is 46.8. The average molecular weight is 693 g/mol. The van der Waals surface area contributed by atoms with Crippen LogP contribution >= 0.6 is 0 Å². The van der Waals surface area contributed by atoms with Crippen molar-refractivity contribution < 1.29 is 0 Å².